The monoisotopic (exact) mass is 584 g/mol. The van der Waals surface area contributed by atoms with Crippen LogP contribution in [0.4, 0.5) is 33.3 Å². The number of halogens is 7. The molecule has 0 aliphatic carbocycles. The lowest BCUT2D eigenvalue weighted by molar-refractivity contribution is -0.137. The van der Waals surface area contributed by atoms with Gasteiger partial charge in [0.1, 0.15) is 0 Å². The van der Waals surface area contributed by atoms with Crippen molar-refractivity contribution in [3.05, 3.63) is 47.0 Å². The fourth-order valence-electron chi connectivity index (χ4n) is 5.16. The standard InChI is InChI=1S/C25H29F5N4S.2ClH/c26-24(27)5-9-34(15-24)19-2-1-16-11-20-21(32-18-3-7-33(8-4-18)10-6-31)12-17(25(28,29)30)13-23(20)35-22(16)14-19;;/h1-2,12-14,18,32H,3-11,15,31H2;2*1H. The molecule has 4 nitrogen and oxygen atoms in total. The Labute approximate surface area is 230 Å². The van der Waals surface area contributed by atoms with Gasteiger partial charge >= 0.3 is 6.18 Å². The number of nitrogens with one attached hydrogen (secondary N) is 1. The van der Waals surface area contributed by atoms with Crippen LogP contribution in [0.25, 0.3) is 0 Å². The maximum absolute atomic E-state index is 13.8. The van der Waals surface area contributed by atoms with Crippen molar-refractivity contribution in [2.75, 3.05) is 49.5 Å². The zero-order chi connectivity index (χ0) is 24.8. The van der Waals surface area contributed by atoms with Crippen LogP contribution in [-0.4, -0.2) is 56.1 Å². The van der Waals surface area contributed by atoms with Gasteiger partial charge in [0.25, 0.3) is 5.92 Å². The highest BCUT2D eigenvalue weighted by Gasteiger charge is 2.39. The Morgan fingerprint density at radius 1 is 1.03 bits per heavy atom. The van der Waals surface area contributed by atoms with Crippen molar-refractivity contribution in [3.8, 4) is 0 Å². The highest BCUT2D eigenvalue weighted by atomic mass is 35.5. The molecule has 37 heavy (non-hydrogen) atoms. The predicted octanol–water partition coefficient (Wildman–Crippen LogP) is 6.28. The van der Waals surface area contributed by atoms with Crippen molar-refractivity contribution in [2.24, 2.45) is 5.73 Å². The summed E-state index contributed by atoms with van der Waals surface area (Å²) in [6, 6.07) is 8.15. The fraction of sp³-hybridized carbons (Fsp3) is 0.520. The number of nitrogens with zero attached hydrogens (tertiary/aromatic N) is 2. The third-order valence-corrected chi connectivity index (χ3v) is 8.29. The Morgan fingerprint density at radius 3 is 2.38 bits per heavy atom. The molecule has 0 unspecified atom stereocenters. The molecule has 206 valence electrons. The van der Waals surface area contributed by atoms with Crippen molar-refractivity contribution in [1.82, 2.24) is 4.90 Å². The Morgan fingerprint density at radius 2 is 1.76 bits per heavy atom. The van der Waals surface area contributed by atoms with Crippen molar-refractivity contribution in [1.29, 1.82) is 0 Å². The smallest absolute Gasteiger partial charge is 0.382 e. The summed E-state index contributed by atoms with van der Waals surface area (Å²) in [5.74, 6) is -2.71. The summed E-state index contributed by atoms with van der Waals surface area (Å²) in [5, 5.41) is 3.42. The molecule has 0 bridgehead atoms. The molecule has 0 saturated carbocycles. The van der Waals surface area contributed by atoms with E-state index in [9.17, 15) is 22.0 Å². The lowest BCUT2D eigenvalue weighted by Crippen LogP contribution is -2.41. The maximum Gasteiger partial charge on any atom is 0.416 e. The molecule has 2 fully saturated rings. The van der Waals surface area contributed by atoms with Crippen LogP contribution in [0, 0.1) is 0 Å². The third-order valence-electron chi connectivity index (χ3n) is 7.10. The van der Waals surface area contributed by atoms with Gasteiger partial charge in [0.2, 0.25) is 0 Å². The number of benzene rings is 2. The molecule has 0 atom stereocenters. The molecule has 2 saturated heterocycles. The SMILES string of the molecule is Cl.Cl.NCCN1CCC(Nc2cc(C(F)(F)F)cc3c2Cc2ccc(N4CCC(F)(F)C4)cc2S3)CC1. The largest absolute Gasteiger partial charge is 0.416 e. The minimum Gasteiger partial charge on any atom is -0.382 e. The van der Waals surface area contributed by atoms with Crippen LogP contribution in [0.5, 0.6) is 0 Å². The molecular formula is C25H31Cl2F5N4S. The summed E-state index contributed by atoms with van der Waals surface area (Å²) in [5.41, 5.74) is 8.05. The number of hydrogen-bond acceptors (Lipinski definition) is 5. The number of piperidine rings is 1. The Kier molecular flexibility index (Phi) is 9.54. The first-order valence-electron chi connectivity index (χ1n) is 12.0. The number of fused-ring (bicyclic) bond motifs is 2. The van der Waals surface area contributed by atoms with Gasteiger partial charge in [-0.05, 0) is 48.2 Å². The maximum atomic E-state index is 13.8. The highest BCUT2D eigenvalue weighted by molar-refractivity contribution is 7.99. The van der Waals surface area contributed by atoms with Gasteiger partial charge < -0.3 is 20.9 Å². The van der Waals surface area contributed by atoms with Crippen molar-refractivity contribution in [3.63, 3.8) is 0 Å². The van der Waals surface area contributed by atoms with Gasteiger partial charge in [-0.3, -0.25) is 0 Å². The first-order valence-corrected chi connectivity index (χ1v) is 12.8. The third kappa shape index (κ3) is 6.76. The zero-order valence-corrected chi connectivity index (χ0v) is 22.6. The molecule has 12 heteroatoms. The lowest BCUT2D eigenvalue weighted by atomic mass is 9.98. The number of alkyl halides is 5. The molecule has 0 radical (unpaired) electrons. The van der Waals surface area contributed by atoms with E-state index >= 15 is 0 Å². The van der Waals surface area contributed by atoms with E-state index in [1.807, 2.05) is 18.2 Å². The Bertz CT molecular complexity index is 1090. The van der Waals surface area contributed by atoms with E-state index in [1.165, 1.54) is 23.9 Å². The average molecular weight is 586 g/mol. The Balaban J connectivity index is 0.00000190. The minimum atomic E-state index is -4.46. The van der Waals surface area contributed by atoms with Crippen molar-refractivity contribution >= 4 is 48.0 Å². The minimum absolute atomic E-state index is 0. The summed E-state index contributed by atoms with van der Waals surface area (Å²) in [4.78, 5) is 5.32. The molecule has 3 aliphatic heterocycles. The van der Waals surface area contributed by atoms with Gasteiger partial charge in [-0.25, -0.2) is 8.78 Å². The van der Waals surface area contributed by atoms with Crippen LogP contribution in [0.2, 0.25) is 0 Å². The van der Waals surface area contributed by atoms with Gasteiger partial charge in [-0.1, -0.05) is 17.8 Å². The van der Waals surface area contributed by atoms with Gasteiger partial charge in [0, 0.05) is 72.8 Å². The molecular weight excluding hydrogens is 554 g/mol. The zero-order valence-electron chi connectivity index (χ0n) is 20.1. The van der Waals surface area contributed by atoms with Gasteiger partial charge in [0.05, 0.1) is 12.1 Å². The average Bonchev–Trinajstić information content (AvgIpc) is 3.18. The predicted molar refractivity (Wildman–Crippen MR) is 143 cm³/mol. The lowest BCUT2D eigenvalue weighted by Gasteiger charge is -2.34. The first kappa shape index (κ1) is 30.1. The topological polar surface area (TPSA) is 44.5 Å². The van der Waals surface area contributed by atoms with Crippen LogP contribution < -0.4 is 16.0 Å². The van der Waals surface area contributed by atoms with Crippen LogP contribution >= 0.6 is 36.6 Å². The van der Waals surface area contributed by atoms with E-state index in [0.29, 0.717) is 29.2 Å². The molecule has 2 aromatic carbocycles. The summed E-state index contributed by atoms with van der Waals surface area (Å²) in [7, 11) is 0. The molecule has 3 heterocycles. The van der Waals surface area contributed by atoms with E-state index in [-0.39, 0.29) is 50.4 Å². The quantitative estimate of drug-likeness (QED) is 0.345. The second kappa shape index (κ2) is 11.7. The second-order valence-electron chi connectivity index (χ2n) is 9.65. The van der Waals surface area contributed by atoms with Crippen LogP contribution in [-0.2, 0) is 12.6 Å². The molecule has 0 aromatic heterocycles. The molecule has 5 rings (SSSR count). The van der Waals surface area contributed by atoms with Crippen molar-refractivity contribution in [2.45, 2.75) is 53.6 Å². The number of anilines is 2. The van der Waals surface area contributed by atoms with Gasteiger partial charge in [-0.2, -0.15) is 13.2 Å². The van der Waals surface area contributed by atoms with Crippen molar-refractivity contribution < 1.29 is 22.0 Å². The first-order chi connectivity index (χ1) is 16.6. The van der Waals surface area contributed by atoms with Crippen LogP contribution in [0.15, 0.2) is 40.1 Å². The second-order valence-corrected chi connectivity index (χ2v) is 10.7. The highest BCUT2D eigenvalue weighted by Crippen LogP contribution is 2.47. The van der Waals surface area contributed by atoms with E-state index in [2.05, 4.69) is 10.2 Å². The fourth-order valence-corrected chi connectivity index (χ4v) is 6.34. The molecule has 2 aromatic rings. The van der Waals surface area contributed by atoms with Gasteiger partial charge in [0.15, 0.2) is 0 Å². The Hall–Kier alpha value is -1.46. The van der Waals surface area contributed by atoms with E-state index < -0.39 is 17.7 Å². The van der Waals surface area contributed by atoms with Crippen LogP contribution in [0.1, 0.15) is 36.0 Å². The van der Waals surface area contributed by atoms with E-state index in [4.69, 9.17) is 5.73 Å². The van der Waals surface area contributed by atoms with Crippen LogP contribution in [0.3, 0.4) is 0 Å². The normalized spacial score (nSPS) is 19.5. The van der Waals surface area contributed by atoms with E-state index in [0.717, 1.165) is 48.5 Å². The van der Waals surface area contributed by atoms with Gasteiger partial charge in [-0.15, -0.1) is 24.8 Å². The molecule has 0 amide bonds. The molecule has 3 N–H and O–H groups in total. The summed E-state index contributed by atoms with van der Waals surface area (Å²) in [6.45, 7) is 3.10. The summed E-state index contributed by atoms with van der Waals surface area (Å²) < 4.78 is 68.7. The number of rotatable bonds is 5. The molecule has 0 spiro atoms. The number of nitrogens with two attached hydrogens (primary N) is 1. The summed E-state index contributed by atoms with van der Waals surface area (Å²) in [6.07, 6.45) is -2.45. The van der Waals surface area contributed by atoms with E-state index in [1.54, 1.807) is 4.90 Å². The summed E-state index contributed by atoms with van der Waals surface area (Å²) >= 11 is 1.29. The molecule has 3 aliphatic rings. The number of hydrogen-bond donors (Lipinski definition) is 2. The number of likely N-dealkylation sites (tertiary alicyclic amines) is 1.